The third-order valence-corrected chi connectivity index (χ3v) is 10.4. The number of aliphatic hydroxyl groups is 1. The molecule has 3 fully saturated rings. The van der Waals surface area contributed by atoms with Crippen LogP contribution >= 0.6 is 0 Å². The molecule has 0 saturated heterocycles. The summed E-state index contributed by atoms with van der Waals surface area (Å²) in [6.45, 7) is 14.7. The van der Waals surface area contributed by atoms with Crippen molar-refractivity contribution in [3.8, 4) is 0 Å². The van der Waals surface area contributed by atoms with E-state index in [2.05, 4.69) is 53.7 Å². The lowest BCUT2D eigenvalue weighted by atomic mass is 9.49. The van der Waals surface area contributed by atoms with Gasteiger partial charge in [0.15, 0.2) is 0 Å². The van der Waals surface area contributed by atoms with E-state index in [0.717, 1.165) is 36.5 Å². The van der Waals surface area contributed by atoms with Gasteiger partial charge in [-0.25, -0.2) is 0 Å². The molecule has 0 radical (unpaired) electrons. The van der Waals surface area contributed by atoms with Crippen molar-refractivity contribution in [3.05, 3.63) is 23.3 Å². The fraction of sp³-hybridized carbons (Fsp3) is 0.857. The van der Waals surface area contributed by atoms with E-state index in [0.29, 0.717) is 22.7 Å². The molecule has 0 aromatic carbocycles. The second-order valence-electron chi connectivity index (χ2n) is 12.2. The molecule has 8 atom stereocenters. The van der Waals surface area contributed by atoms with E-state index in [1.165, 1.54) is 44.9 Å². The van der Waals surface area contributed by atoms with E-state index in [9.17, 15) is 5.11 Å². The second-order valence-corrected chi connectivity index (χ2v) is 12.2. The molecule has 0 aromatic heterocycles. The molecule has 0 aromatic rings. The van der Waals surface area contributed by atoms with Crippen molar-refractivity contribution in [2.24, 2.45) is 46.3 Å². The van der Waals surface area contributed by atoms with Gasteiger partial charge in [-0.3, -0.25) is 0 Å². The highest BCUT2D eigenvalue weighted by Crippen LogP contribution is 2.65. The summed E-state index contributed by atoms with van der Waals surface area (Å²) in [7, 11) is 0. The predicted octanol–water partition coefficient (Wildman–Crippen LogP) is 7.55. The monoisotopic (exact) mass is 398 g/mol. The Morgan fingerprint density at radius 2 is 1.69 bits per heavy atom. The van der Waals surface area contributed by atoms with Crippen LogP contribution in [0.3, 0.4) is 0 Å². The molecule has 3 unspecified atom stereocenters. The van der Waals surface area contributed by atoms with Gasteiger partial charge in [-0.1, -0.05) is 64.8 Å². The summed E-state index contributed by atoms with van der Waals surface area (Å²) in [4.78, 5) is 0. The van der Waals surface area contributed by atoms with Crippen molar-refractivity contribution in [1.29, 1.82) is 0 Å². The maximum absolute atomic E-state index is 10.3. The maximum atomic E-state index is 10.3. The summed E-state index contributed by atoms with van der Waals surface area (Å²) >= 11 is 0. The molecule has 0 heterocycles. The van der Waals surface area contributed by atoms with Crippen molar-refractivity contribution in [3.63, 3.8) is 0 Å². The van der Waals surface area contributed by atoms with Gasteiger partial charge < -0.3 is 5.11 Å². The minimum Gasteiger partial charge on any atom is -0.393 e. The van der Waals surface area contributed by atoms with E-state index < -0.39 is 0 Å². The van der Waals surface area contributed by atoms with Gasteiger partial charge in [0.2, 0.25) is 0 Å². The van der Waals surface area contributed by atoms with Crippen LogP contribution in [0.5, 0.6) is 0 Å². The Morgan fingerprint density at radius 3 is 2.41 bits per heavy atom. The lowest BCUT2D eigenvalue weighted by Crippen LogP contribution is -2.48. The molecule has 0 spiro atoms. The summed E-state index contributed by atoms with van der Waals surface area (Å²) in [5.41, 5.74) is 4.68. The molecule has 29 heavy (non-hydrogen) atoms. The average molecular weight is 399 g/mol. The number of aliphatic hydroxyl groups excluding tert-OH is 1. The van der Waals surface area contributed by atoms with Crippen molar-refractivity contribution in [2.45, 2.75) is 105 Å². The van der Waals surface area contributed by atoms with Crippen LogP contribution in [0.15, 0.2) is 23.3 Å². The van der Waals surface area contributed by atoms with E-state index in [-0.39, 0.29) is 6.10 Å². The fourth-order valence-electron chi connectivity index (χ4n) is 8.06. The quantitative estimate of drug-likeness (QED) is 0.484. The molecule has 1 heteroatoms. The zero-order chi connectivity index (χ0) is 21.0. The van der Waals surface area contributed by atoms with E-state index >= 15 is 0 Å². The molecule has 0 bridgehead atoms. The third kappa shape index (κ3) is 3.58. The second kappa shape index (κ2) is 7.85. The smallest absolute Gasteiger partial charge is 0.0543 e. The lowest BCUT2D eigenvalue weighted by molar-refractivity contribution is -0.0377. The number of hydrogen-bond acceptors (Lipinski definition) is 1. The van der Waals surface area contributed by atoms with Gasteiger partial charge in [-0.15, -0.1) is 0 Å². The Labute approximate surface area is 180 Å². The number of allylic oxidation sites excluding steroid dienone is 4. The molecule has 0 amide bonds. The van der Waals surface area contributed by atoms with Crippen molar-refractivity contribution in [1.82, 2.24) is 0 Å². The van der Waals surface area contributed by atoms with E-state index in [1.807, 2.05) is 11.1 Å². The number of hydrogen-bond donors (Lipinski definition) is 1. The lowest BCUT2D eigenvalue weighted by Gasteiger charge is -2.56. The zero-order valence-electron chi connectivity index (χ0n) is 20.0. The number of fused-ring (bicyclic) bond motifs is 4. The van der Waals surface area contributed by atoms with Crippen LogP contribution in [-0.4, -0.2) is 11.2 Å². The first-order chi connectivity index (χ1) is 13.7. The molecule has 4 aliphatic carbocycles. The van der Waals surface area contributed by atoms with Gasteiger partial charge in [0.05, 0.1) is 6.10 Å². The van der Waals surface area contributed by atoms with Gasteiger partial charge in [0, 0.05) is 0 Å². The Kier molecular flexibility index (Phi) is 5.86. The largest absolute Gasteiger partial charge is 0.393 e. The molecular formula is C28H46O. The van der Waals surface area contributed by atoms with Crippen LogP contribution in [0.25, 0.3) is 0 Å². The van der Waals surface area contributed by atoms with Crippen LogP contribution < -0.4 is 0 Å². The SMILES string of the molecule is CC(C)C(C)/C=C/C(C)[C@H]1CCC2=C3CC[C@H]4C[C@@H](O)CC[C@]4(C)C3CC[C@@]21C. The molecule has 164 valence electrons. The standard InChI is InChI=1S/C28H46O/c1-18(2)19(3)7-8-20(4)24-11-12-25-23-10-9-21-17-22(29)13-15-27(21,5)26(23)14-16-28(24,25)6/h7-8,18-22,24,26,29H,9-17H2,1-6H3/b8-7+/t19?,20?,21-,22-,24+,26?,27-,28+/m0/s1. The summed E-state index contributed by atoms with van der Waals surface area (Å²) in [6.07, 6.45) is 16.5. The van der Waals surface area contributed by atoms with Gasteiger partial charge in [-0.05, 0) is 104 Å². The molecule has 3 saturated carbocycles. The first kappa shape index (κ1) is 21.7. The summed E-state index contributed by atoms with van der Waals surface area (Å²) < 4.78 is 0. The van der Waals surface area contributed by atoms with Gasteiger partial charge in [-0.2, -0.15) is 0 Å². The minimum atomic E-state index is -0.0344. The van der Waals surface area contributed by atoms with Crippen molar-refractivity contribution >= 4 is 0 Å². The highest BCUT2D eigenvalue weighted by molar-refractivity contribution is 5.35. The zero-order valence-corrected chi connectivity index (χ0v) is 20.0. The van der Waals surface area contributed by atoms with Gasteiger partial charge >= 0.3 is 0 Å². The van der Waals surface area contributed by atoms with Crippen LogP contribution in [-0.2, 0) is 0 Å². The molecular weight excluding hydrogens is 352 g/mol. The van der Waals surface area contributed by atoms with Crippen LogP contribution in [0.4, 0.5) is 0 Å². The fourth-order valence-corrected chi connectivity index (χ4v) is 8.06. The molecule has 1 N–H and O–H groups in total. The number of rotatable bonds is 4. The Hall–Kier alpha value is -0.560. The average Bonchev–Trinajstić information content (AvgIpc) is 3.03. The van der Waals surface area contributed by atoms with Crippen LogP contribution in [0, 0.1) is 46.3 Å². The minimum absolute atomic E-state index is 0.0344. The molecule has 4 rings (SSSR count). The van der Waals surface area contributed by atoms with Gasteiger partial charge in [0.1, 0.15) is 0 Å². The van der Waals surface area contributed by atoms with Crippen LogP contribution in [0.2, 0.25) is 0 Å². The molecule has 1 nitrogen and oxygen atoms in total. The summed E-state index contributed by atoms with van der Waals surface area (Å²) in [5.74, 6) is 4.48. The molecule has 4 aliphatic rings. The van der Waals surface area contributed by atoms with Crippen molar-refractivity contribution in [2.75, 3.05) is 0 Å². The predicted molar refractivity (Wildman–Crippen MR) is 124 cm³/mol. The van der Waals surface area contributed by atoms with E-state index in [1.54, 1.807) is 0 Å². The van der Waals surface area contributed by atoms with Gasteiger partial charge in [0.25, 0.3) is 0 Å². The maximum Gasteiger partial charge on any atom is 0.0543 e. The Balaban J connectivity index is 1.58. The highest BCUT2D eigenvalue weighted by atomic mass is 16.3. The molecule has 0 aliphatic heterocycles. The Morgan fingerprint density at radius 1 is 0.931 bits per heavy atom. The first-order valence-corrected chi connectivity index (χ1v) is 12.8. The highest BCUT2D eigenvalue weighted by Gasteiger charge is 2.55. The normalized spacial score (nSPS) is 44.6. The first-order valence-electron chi connectivity index (χ1n) is 12.8. The Bertz CT molecular complexity index is 672. The summed E-state index contributed by atoms with van der Waals surface area (Å²) in [6, 6.07) is 0. The van der Waals surface area contributed by atoms with Crippen LogP contribution in [0.1, 0.15) is 99.3 Å². The third-order valence-electron chi connectivity index (χ3n) is 10.4. The topological polar surface area (TPSA) is 20.2 Å². The van der Waals surface area contributed by atoms with Crippen molar-refractivity contribution < 1.29 is 5.11 Å². The summed E-state index contributed by atoms with van der Waals surface area (Å²) in [5, 5.41) is 10.3. The van der Waals surface area contributed by atoms with E-state index in [4.69, 9.17) is 0 Å².